The second-order valence-electron chi connectivity index (χ2n) is 9.33. The summed E-state index contributed by atoms with van der Waals surface area (Å²) in [5, 5.41) is 4.84. The molecule has 0 spiro atoms. The highest BCUT2D eigenvalue weighted by Crippen LogP contribution is 2.26. The molecule has 1 aromatic carbocycles. The molecular formula is C24H34F3N5O2. The fourth-order valence-electron chi connectivity index (χ4n) is 4.44. The molecule has 7 nitrogen and oxygen atoms in total. The van der Waals surface area contributed by atoms with Gasteiger partial charge in [0.1, 0.15) is 5.75 Å². The Bertz CT molecular complexity index is 902. The third-order valence-corrected chi connectivity index (χ3v) is 6.23. The third-order valence-electron chi connectivity index (χ3n) is 6.23. The van der Waals surface area contributed by atoms with Crippen LogP contribution in [-0.2, 0) is 11.2 Å². The van der Waals surface area contributed by atoms with Gasteiger partial charge < -0.3 is 14.4 Å². The lowest BCUT2D eigenvalue weighted by Crippen LogP contribution is -2.49. The van der Waals surface area contributed by atoms with Crippen LogP contribution in [0.1, 0.15) is 19.5 Å². The van der Waals surface area contributed by atoms with Gasteiger partial charge in [0.25, 0.3) is 0 Å². The molecule has 188 valence electrons. The average Bonchev–Trinajstić information content (AvgIpc) is 3.21. The van der Waals surface area contributed by atoms with Crippen molar-refractivity contribution >= 4 is 5.82 Å². The van der Waals surface area contributed by atoms with Gasteiger partial charge >= 0.3 is 6.36 Å². The Hall–Kier alpha value is -2.30. The summed E-state index contributed by atoms with van der Waals surface area (Å²) in [5.74, 6) is 1.11. The minimum absolute atomic E-state index is 0.234. The van der Waals surface area contributed by atoms with E-state index in [4.69, 9.17) is 9.84 Å². The van der Waals surface area contributed by atoms with Crippen LogP contribution in [0.25, 0.3) is 5.69 Å². The lowest BCUT2D eigenvalue weighted by Gasteiger charge is -2.36. The highest BCUT2D eigenvalue weighted by atomic mass is 19.4. The average molecular weight is 482 g/mol. The van der Waals surface area contributed by atoms with Gasteiger partial charge in [-0.25, -0.2) is 4.68 Å². The zero-order chi connectivity index (χ0) is 24.1. The Labute approximate surface area is 199 Å². The number of nitrogens with zero attached hydrogens (tertiary/aromatic N) is 5. The fraction of sp³-hybridized carbons (Fsp3) is 0.625. The predicted octanol–water partition coefficient (Wildman–Crippen LogP) is 3.42. The van der Waals surface area contributed by atoms with Gasteiger partial charge in [0.05, 0.1) is 18.9 Å². The van der Waals surface area contributed by atoms with Gasteiger partial charge in [-0.15, -0.1) is 13.2 Å². The summed E-state index contributed by atoms with van der Waals surface area (Å²) in [7, 11) is 0. The Morgan fingerprint density at radius 3 is 2.15 bits per heavy atom. The van der Waals surface area contributed by atoms with E-state index in [2.05, 4.69) is 39.4 Å². The summed E-state index contributed by atoms with van der Waals surface area (Å²) in [6.45, 7) is 13.9. The van der Waals surface area contributed by atoms with E-state index in [9.17, 15) is 13.2 Å². The van der Waals surface area contributed by atoms with Crippen molar-refractivity contribution in [1.82, 2.24) is 19.6 Å². The van der Waals surface area contributed by atoms with Crippen LogP contribution >= 0.6 is 0 Å². The summed E-state index contributed by atoms with van der Waals surface area (Å²) in [6, 6.07) is 8.01. The summed E-state index contributed by atoms with van der Waals surface area (Å²) in [6.07, 6.45) is -3.87. The van der Waals surface area contributed by atoms with Crippen LogP contribution < -0.4 is 9.64 Å². The zero-order valence-corrected chi connectivity index (χ0v) is 19.9. The van der Waals surface area contributed by atoms with Crippen molar-refractivity contribution in [3.8, 4) is 11.4 Å². The molecule has 0 bridgehead atoms. The largest absolute Gasteiger partial charge is 0.573 e. The molecule has 0 atom stereocenters. The molecule has 0 N–H and O–H groups in total. The summed E-state index contributed by atoms with van der Waals surface area (Å²) in [4.78, 5) is 7.25. The summed E-state index contributed by atoms with van der Waals surface area (Å²) < 4.78 is 48.8. The number of rotatable bonds is 8. The monoisotopic (exact) mass is 481 g/mol. The Balaban J connectivity index is 1.40. The second-order valence-corrected chi connectivity index (χ2v) is 9.33. The Morgan fingerprint density at radius 1 is 0.941 bits per heavy atom. The van der Waals surface area contributed by atoms with Gasteiger partial charge in [0.2, 0.25) is 0 Å². The SMILES string of the molecule is CC(C)Cc1cc(N2CCN(CCN3CCOCC3)CC2)nn1-c1ccc(OC(F)(F)F)cc1. The van der Waals surface area contributed by atoms with Crippen LogP contribution in [0.5, 0.6) is 5.75 Å². The van der Waals surface area contributed by atoms with Crippen molar-refractivity contribution < 1.29 is 22.6 Å². The van der Waals surface area contributed by atoms with Crippen LogP contribution in [0.15, 0.2) is 30.3 Å². The number of morpholine rings is 1. The number of piperazine rings is 1. The normalized spacial score (nSPS) is 18.6. The molecule has 0 radical (unpaired) electrons. The number of aromatic nitrogens is 2. The van der Waals surface area contributed by atoms with Crippen LogP contribution in [-0.4, -0.2) is 91.5 Å². The van der Waals surface area contributed by atoms with Crippen molar-refractivity contribution in [2.24, 2.45) is 5.92 Å². The third kappa shape index (κ3) is 6.86. The molecular weight excluding hydrogens is 447 g/mol. The lowest BCUT2D eigenvalue weighted by molar-refractivity contribution is -0.274. The number of anilines is 1. The standard InChI is InChI=1S/C24H34F3N5O2/c1-19(2)17-21-18-23(28-32(21)20-3-5-22(6-4-20)34-24(25,26)27)31-11-9-29(10-12-31)7-8-30-13-15-33-16-14-30/h3-6,18-19H,7-17H2,1-2H3. The topological polar surface area (TPSA) is 46.0 Å². The van der Waals surface area contributed by atoms with Gasteiger partial charge in [0, 0.05) is 64.1 Å². The first-order valence-corrected chi connectivity index (χ1v) is 12.0. The van der Waals surface area contributed by atoms with E-state index in [0.717, 1.165) is 89.2 Å². The predicted molar refractivity (Wildman–Crippen MR) is 125 cm³/mol. The van der Waals surface area contributed by atoms with Gasteiger partial charge in [-0.05, 0) is 36.6 Å². The van der Waals surface area contributed by atoms with Gasteiger partial charge in [-0.3, -0.25) is 9.80 Å². The van der Waals surface area contributed by atoms with E-state index < -0.39 is 6.36 Å². The number of benzene rings is 1. The first kappa shape index (κ1) is 24.8. The van der Waals surface area contributed by atoms with Crippen molar-refractivity contribution in [2.75, 3.05) is 70.5 Å². The molecule has 2 fully saturated rings. The highest BCUT2D eigenvalue weighted by Gasteiger charge is 2.31. The van der Waals surface area contributed by atoms with Crippen LogP contribution in [0.2, 0.25) is 0 Å². The zero-order valence-electron chi connectivity index (χ0n) is 19.9. The lowest BCUT2D eigenvalue weighted by atomic mass is 10.1. The van der Waals surface area contributed by atoms with Crippen LogP contribution in [0.4, 0.5) is 19.0 Å². The Kier molecular flexibility index (Phi) is 8.00. The smallest absolute Gasteiger partial charge is 0.406 e. The molecule has 34 heavy (non-hydrogen) atoms. The first-order chi connectivity index (χ1) is 16.3. The van der Waals surface area contributed by atoms with E-state index in [-0.39, 0.29) is 5.75 Å². The van der Waals surface area contributed by atoms with Crippen molar-refractivity contribution in [2.45, 2.75) is 26.6 Å². The van der Waals surface area contributed by atoms with E-state index in [1.165, 1.54) is 12.1 Å². The fourth-order valence-corrected chi connectivity index (χ4v) is 4.44. The van der Waals surface area contributed by atoms with E-state index in [1.807, 2.05) is 4.68 Å². The van der Waals surface area contributed by atoms with Crippen LogP contribution in [0.3, 0.4) is 0 Å². The molecule has 0 unspecified atom stereocenters. The molecule has 2 aliphatic rings. The van der Waals surface area contributed by atoms with Gasteiger partial charge in [0.15, 0.2) is 5.82 Å². The molecule has 0 amide bonds. The molecule has 0 aliphatic carbocycles. The number of hydrogen-bond donors (Lipinski definition) is 0. The van der Waals surface area contributed by atoms with Crippen molar-refractivity contribution in [3.05, 3.63) is 36.0 Å². The molecule has 10 heteroatoms. The number of hydrogen-bond acceptors (Lipinski definition) is 6. The van der Waals surface area contributed by atoms with Crippen molar-refractivity contribution in [1.29, 1.82) is 0 Å². The molecule has 3 heterocycles. The second kappa shape index (κ2) is 11.0. The maximum absolute atomic E-state index is 12.5. The number of ether oxygens (including phenoxy) is 2. The molecule has 0 saturated carbocycles. The maximum atomic E-state index is 12.5. The van der Waals surface area contributed by atoms with Gasteiger partial charge in [-0.2, -0.15) is 5.10 Å². The van der Waals surface area contributed by atoms with E-state index in [1.54, 1.807) is 12.1 Å². The minimum Gasteiger partial charge on any atom is -0.406 e. The highest BCUT2D eigenvalue weighted by molar-refractivity contribution is 5.46. The van der Waals surface area contributed by atoms with E-state index >= 15 is 0 Å². The Morgan fingerprint density at radius 2 is 1.56 bits per heavy atom. The quantitative estimate of drug-likeness (QED) is 0.576. The molecule has 1 aromatic heterocycles. The molecule has 2 saturated heterocycles. The minimum atomic E-state index is -4.70. The molecule has 2 aliphatic heterocycles. The number of alkyl halides is 3. The first-order valence-electron chi connectivity index (χ1n) is 12.0. The molecule has 4 rings (SSSR count). The summed E-state index contributed by atoms with van der Waals surface area (Å²) >= 11 is 0. The summed E-state index contributed by atoms with van der Waals surface area (Å²) in [5.41, 5.74) is 1.77. The maximum Gasteiger partial charge on any atom is 0.573 e. The van der Waals surface area contributed by atoms with Crippen molar-refractivity contribution in [3.63, 3.8) is 0 Å². The van der Waals surface area contributed by atoms with E-state index in [0.29, 0.717) is 5.92 Å². The molecule has 2 aromatic rings. The number of halogens is 3. The van der Waals surface area contributed by atoms with Gasteiger partial charge in [-0.1, -0.05) is 13.8 Å². The van der Waals surface area contributed by atoms with Crippen LogP contribution in [0, 0.1) is 5.92 Å².